The monoisotopic (exact) mass is 324 g/mol. The average molecular weight is 324 g/mol. The van der Waals surface area contributed by atoms with Crippen molar-refractivity contribution in [3.63, 3.8) is 0 Å². The number of hydrogen-bond donors (Lipinski definition) is 1. The summed E-state index contributed by atoms with van der Waals surface area (Å²) in [5.41, 5.74) is 3.01. The zero-order valence-corrected chi connectivity index (χ0v) is 13.7. The minimum Gasteiger partial charge on any atom is -0.314 e. The molecule has 0 atom stereocenters. The normalized spacial score (nSPS) is 14.2. The molecule has 0 spiro atoms. The maximum atomic E-state index is 13.5. The fourth-order valence-corrected chi connectivity index (χ4v) is 3.37. The molecule has 0 bridgehead atoms. The van der Waals surface area contributed by atoms with Crippen molar-refractivity contribution in [2.24, 2.45) is 0 Å². The predicted octanol–water partition coefficient (Wildman–Crippen LogP) is 5.57. The highest BCUT2D eigenvalue weighted by atomic mass is 32.2. The van der Waals surface area contributed by atoms with Gasteiger partial charge in [0.25, 0.3) is 0 Å². The van der Waals surface area contributed by atoms with Crippen LogP contribution in [0.3, 0.4) is 0 Å². The van der Waals surface area contributed by atoms with Crippen molar-refractivity contribution in [2.45, 2.75) is 25.0 Å². The molecule has 1 aromatic heterocycles. The number of pyridine rings is 1. The molecule has 1 aliphatic rings. The fraction of sp³-hybridized carbons (Fsp3) is 0.211. The lowest BCUT2D eigenvalue weighted by Crippen LogP contribution is -1.92. The van der Waals surface area contributed by atoms with Gasteiger partial charge in [-0.2, -0.15) is 0 Å². The third-order valence-electron chi connectivity index (χ3n) is 4.09. The molecule has 4 heteroatoms. The average Bonchev–Trinajstić information content (AvgIpc) is 3.39. The zero-order valence-electron chi connectivity index (χ0n) is 12.8. The van der Waals surface area contributed by atoms with Gasteiger partial charge in [-0.1, -0.05) is 18.2 Å². The van der Waals surface area contributed by atoms with Crippen LogP contribution in [0.25, 0.3) is 21.9 Å². The van der Waals surface area contributed by atoms with E-state index in [0.29, 0.717) is 0 Å². The number of nitrogens with zero attached hydrogens (tertiary/aromatic N) is 1. The number of aromatic nitrogens is 1. The second kappa shape index (κ2) is 5.85. The standard InChI is InChI=1S/C19H17FN2S/c1-12-2-5-16(20)10-18(12)14-4-3-13-9-19(21-11-15(13)8-14)22-23-17-6-7-17/h2-5,8-11,17H,6-7H2,1H3,(H,21,22). The molecule has 4 rings (SSSR count). The van der Waals surface area contributed by atoms with Gasteiger partial charge in [0.15, 0.2) is 0 Å². The summed E-state index contributed by atoms with van der Waals surface area (Å²) in [6, 6.07) is 13.2. The molecular formula is C19H17FN2S. The van der Waals surface area contributed by atoms with Crippen LogP contribution in [-0.4, -0.2) is 10.2 Å². The first-order valence-electron chi connectivity index (χ1n) is 7.77. The number of hydrogen-bond acceptors (Lipinski definition) is 3. The van der Waals surface area contributed by atoms with E-state index in [-0.39, 0.29) is 5.82 Å². The van der Waals surface area contributed by atoms with E-state index in [9.17, 15) is 4.39 Å². The predicted molar refractivity (Wildman–Crippen MR) is 96.1 cm³/mol. The number of aryl methyl sites for hydroxylation is 1. The van der Waals surface area contributed by atoms with E-state index in [2.05, 4.69) is 27.9 Å². The molecular weight excluding hydrogens is 307 g/mol. The summed E-state index contributed by atoms with van der Waals surface area (Å²) in [6.07, 6.45) is 4.46. The summed E-state index contributed by atoms with van der Waals surface area (Å²) in [5, 5.41) is 2.94. The largest absolute Gasteiger partial charge is 0.314 e. The molecule has 0 aliphatic heterocycles. The van der Waals surface area contributed by atoms with Gasteiger partial charge in [0.1, 0.15) is 11.6 Å². The number of anilines is 1. The summed E-state index contributed by atoms with van der Waals surface area (Å²) in [7, 11) is 0. The Hall–Kier alpha value is -2.07. The van der Waals surface area contributed by atoms with Crippen LogP contribution < -0.4 is 4.72 Å². The Bertz CT molecular complexity index is 874. The molecule has 2 nitrogen and oxygen atoms in total. The Balaban J connectivity index is 1.67. The summed E-state index contributed by atoms with van der Waals surface area (Å²) in [4.78, 5) is 4.48. The van der Waals surface area contributed by atoms with Gasteiger partial charge in [-0.15, -0.1) is 0 Å². The molecule has 0 saturated heterocycles. The van der Waals surface area contributed by atoms with Crippen LogP contribution in [0.2, 0.25) is 0 Å². The second-order valence-corrected chi connectivity index (χ2v) is 7.12. The molecule has 116 valence electrons. The maximum absolute atomic E-state index is 13.5. The molecule has 1 saturated carbocycles. The van der Waals surface area contributed by atoms with Crippen molar-refractivity contribution in [1.29, 1.82) is 0 Å². The van der Waals surface area contributed by atoms with Crippen LogP contribution in [0.15, 0.2) is 48.7 Å². The number of fused-ring (bicyclic) bond motifs is 1. The topological polar surface area (TPSA) is 24.9 Å². The number of nitrogens with one attached hydrogen (secondary N) is 1. The van der Waals surface area contributed by atoms with Crippen molar-refractivity contribution in [3.8, 4) is 11.1 Å². The van der Waals surface area contributed by atoms with Gasteiger partial charge in [-0.25, -0.2) is 9.37 Å². The molecule has 1 N–H and O–H groups in total. The van der Waals surface area contributed by atoms with Crippen molar-refractivity contribution < 1.29 is 4.39 Å². The highest BCUT2D eigenvalue weighted by Crippen LogP contribution is 2.34. The van der Waals surface area contributed by atoms with Gasteiger partial charge in [0.2, 0.25) is 0 Å². The van der Waals surface area contributed by atoms with Crippen LogP contribution in [0.5, 0.6) is 0 Å². The fourth-order valence-electron chi connectivity index (χ4n) is 2.60. The van der Waals surface area contributed by atoms with Crippen LogP contribution in [0.4, 0.5) is 10.2 Å². The lowest BCUT2D eigenvalue weighted by molar-refractivity contribution is 0.628. The minimum atomic E-state index is -0.208. The van der Waals surface area contributed by atoms with Gasteiger partial charge in [-0.05, 0) is 78.1 Å². The first-order chi connectivity index (χ1) is 11.2. The van der Waals surface area contributed by atoms with E-state index < -0.39 is 0 Å². The number of rotatable bonds is 4. The Morgan fingerprint density at radius 2 is 1.96 bits per heavy atom. The van der Waals surface area contributed by atoms with E-state index in [0.717, 1.165) is 38.5 Å². The lowest BCUT2D eigenvalue weighted by Gasteiger charge is -2.09. The van der Waals surface area contributed by atoms with Gasteiger partial charge in [0, 0.05) is 16.8 Å². The number of halogens is 1. The molecule has 1 heterocycles. The summed E-state index contributed by atoms with van der Waals surface area (Å²) in [6.45, 7) is 2.00. The van der Waals surface area contributed by atoms with Gasteiger partial charge >= 0.3 is 0 Å². The molecule has 0 unspecified atom stereocenters. The quantitative estimate of drug-likeness (QED) is 0.635. The van der Waals surface area contributed by atoms with E-state index in [4.69, 9.17) is 0 Å². The molecule has 0 radical (unpaired) electrons. The molecule has 1 fully saturated rings. The third-order valence-corrected chi connectivity index (χ3v) is 5.22. The zero-order chi connectivity index (χ0) is 15.8. The minimum absolute atomic E-state index is 0.208. The molecule has 3 aromatic rings. The summed E-state index contributed by atoms with van der Waals surface area (Å²) < 4.78 is 16.8. The van der Waals surface area contributed by atoms with Gasteiger partial charge in [-0.3, -0.25) is 0 Å². The Labute approximate surface area is 139 Å². The van der Waals surface area contributed by atoms with E-state index in [1.54, 1.807) is 18.0 Å². The third kappa shape index (κ3) is 3.17. The van der Waals surface area contributed by atoms with E-state index in [1.807, 2.05) is 25.3 Å². The van der Waals surface area contributed by atoms with E-state index in [1.165, 1.54) is 18.9 Å². The van der Waals surface area contributed by atoms with Gasteiger partial charge in [0.05, 0.1) is 0 Å². The summed E-state index contributed by atoms with van der Waals surface area (Å²) in [5.74, 6) is 0.685. The van der Waals surface area contributed by atoms with Crippen LogP contribution >= 0.6 is 11.9 Å². The summed E-state index contributed by atoms with van der Waals surface area (Å²) >= 11 is 1.75. The highest BCUT2D eigenvalue weighted by Gasteiger charge is 2.22. The van der Waals surface area contributed by atoms with Crippen LogP contribution in [-0.2, 0) is 0 Å². The van der Waals surface area contributed by atoms with Crippen LogP contribution in [0, 0.1) is 12.7 Å². The van der Waals surface area contributed by atoms with Gasteiger partial charge < -0.3 is 4.72 Å². The highest BCUT2D eigenvalue weighted by molar-refractivity contribution is 8.01. The Kier molecular flexibility index (Phi) is 3.69. The van der Waals surface area contributed by atoms with Crippen molar-refractivity contribution in [3.05, 3.63) is 60.0 Å². The number of benzene rings is 2. The lowest BCUT2D eigenvalue weighted by atomic mass is 9.98. The first kappa shape index (κ1) is 14.5. The van der Waals surface area contributed by atoms with E-state index >= 15 is 0 Å². The molecule has 2 aromatic carbocycles. The smallest absolute Gasteiger partial charge is 0.136 e. The Morgan fingerprint density at radius 1 is 1.09 bits per heavy atom. The second-order valence-electron chi connectivity index (χ2n) is 6.01. The molecule has 0 amide bonds. The SMILES string of the molecule is Cc1ccc(F)cc1-c1ccc2cc(NSC3CC3)ncc2c1. The Morgan fingerprint density at radius 3 is 2.78 bits per heavy atom. The van der Waals surface area contributed by atoms with Crippen molar-refractivity contribution >= 4 is 28.5 Å². The van der Waals surface area contributed by atoms with Crippen LogP contribution in [0.1, 0.15) is 18.4 Å². The van der Waals surface area contributed by atoms with Crippen molar-refractivity contribution in [2.75, 3.05) is 4.72 Å². The molecule has 23 heavy (non-hydrogen) atoms. The maximum Gasteiger partial charge on any atom is 0.136 e. The van der Waals surface area contributed by atoms with Crippen molar-refractivity contribution in [1.82, 2.24) is 4.98 Å². The first-order valence-corrected chi connectivity index (χ1v) is 8.65. The molecule has 1 aliphatic carbocycles.